The minimum absolute atomic E-state index is 0.0368. The molecule has 0 aliphatic carbocycles. The van der Waals surface area contributed by atoms with Gasteiger partial charge in [-0.15, -0.1) is 0 Å². The van der Waals surface area contributed by atoms with Crippen LogP contribution in [0.3, 0.4) is 0 Å². The van der Waals surface area contributed by atoms with Crippen LogP contribution in [0.1, 0.15) is 36.1 Å². The maximum absolute atomic E-state index is 12.3. The first-order chi connectivity index (χ1) is 12.5. The van der Waals surface area contributed by atoms with Crippen molar-refractivity contribution in [1.82, 2.24) is 5.32 Å². The molecule has 26 heavy (non-hydrogen) atoms. The van der Waals surface area contributed by atoms with Crippen LogP contribution in [-0.2, 0) is 4.79 Å². The number of methoxy groups -OCH3 is 2. The molecule has 0 aliphatic heterocycles. The van der Waals surface area contributed by atoms with Crippen LogP contribution in [0.15, 0.2) is 36.4 Å². The molecule has 0 radical (unpaired) electrons. The Morgan fingerprint density at radius 3 is 2.12 bits per heavy atom. The lowest BCUT2D eigenvalue weighted by molar-refractivity contribution is -0.123. The normalized spacial score (nSPS) is 11.6. The second-order valence-electron chi connectivity index (χ2n) is 6.21. The van der Waals surface area contributed by atoms with Gasteiger partial charge in [-0.05, 0) is 37.0 Å². The molecule has 2 aromatic rings. The van der Waals surface area contributed by atoms with E-state index in [1.54, 1.807) is 32.4 Å². The predicted octanol–water partition coefficient (Wildman–Crippen LogP) is 3.97. The number of carbonyl (C=O) groups is 1. The highest BCUT2D eigenvalue weighted by Crippen LogP contribution is 2.27. The van der Waals surface area contributed by atoms with Crippen LogP contribution in [0.25, 0.3) is 0 Å². The summed E-state index contributed by atoms with van der Waals surface area (Å²) < 4.78 is 16.0. The van der Waals surface area contributed by atoms with Gasteiger partial charge in [-0.3, -0.25) is 4.79 Å². The van der Waals surface area contributed by atoms with Gasteiger partial charge in [0, 0.05) is 18.2 Å². The lowest BCUT2D eigenvalue weighted by Gasteiger charge is -2.19. The van der Waals surface area contributed by atoms with E-state index >= 15 is 0 Å². The maximum Gasteiger partial charge on any atom is 0.258 e. The summed E-state index contributed by atoms with van der Waals surface area (Å²) in [6.07, 6.45) is 0.807. The quantitative estimate of drug-likeness (QED) is 0.777. The SMILES string of the molecule is CC[C@@H](NC(=O)COc1cc(OC)cc(OC)c1)c1ccc(C)c(C)c1. The zero-order valence-electron chi connectivity index (χ0n) is 16.1. The minimum atomic E-state index is -0.170. The second-order valence-corrected chi connectivity index (χ2v) is 6.21. The van der Waals surface area contributed by atoms with E-state index in [1.165, 1.54) is 11.1 Å². The van der Waals surface area contributed by atoms with Gasteiger partial charge in [-0.2, -0.15) is 0 Å². The summed E-state index contributed by atoms with van der Waals surface area (Å²) >= 11 is 0. The van der Waals surface area contributed by atoms with Crippen LogP contribution < -0.4 is 19.5 Å². The van der Waals surface area contributed by atoms with Crippen molar-refractivity contribution >= 4 is 5.91 Å². The van der Waals surface area contributed by atoms with Crippen LogP contribution in [0.2, 0.25) is 0 Å². The molecule has 0 unspecified atom stereocenters. The summed E-state index contributed by atoms with van der Waals surface area (Å²) in [4.78, 5) is 12.3. The van der Waals surface area contributed by atoms with Crippen molar-refractivity contribution in [2.75, 3.05) is 20.8 Å². The molecule has 5 nitrogen and oxygen atoms in total. The largest absolute Gasteiger partial charge is 0.496 e. The fourth-order valence-electron chi connectivity index (χ4n) is 2.65. The first-order valence-corrected chi connectivity index (χ1v) is 8.69. The molecule has 0 saturated heterocycles. The van der Waals surface area contributed by atoms with Crippen LogP contribution in [0, 0.1) is 13.8 Å². The van der Waals surface area contributed by atoms with Gasteiger partial charge in [0.2, 0.25) is 0 Å². The van der Waals surface area contributed by atoms with E-state index in [9.17, 15) is 4.79 Å². The van der Waals surface area contributed by atoms with Crippen LogP contribution >= 0.6 is 0 Å². The number of hydrogen-bond acceptors (Lipinski definition) is 4. The van der Waals surface area contributed by atoms with Crippen LogP contribution in [-0.4, -0.2) is 26.7 Å². The number of ether oxygens (including phenoxy) is 3. The number of carbonyl (C=O) groups excluding carboxylic acids is 1. The van der Waals surface area contributed by atoms with Crippen molar-refractivity contribution in [3.63, 3.8) is 0 Å². The molecule has 2 aromatic carbocycles. The van der Waals surface area contributed by atoms with Crippen molar-refractivity contribution in [2.45, 2.75) is 33.2 Å². The van der Waals surface area contributed by atoms with Gasteiger partial charge in [0.15, 0.2) is 6.61 Å². The molecule has 0 fully saturated rings. The number of rotatable bonds is 8. The van der Waals surface area contributed by atoms with Crippen molar-refractivity contribution in [2.24, 2.45) is 0 Å². The third-order valence-corrected chi connectivity index (χ3v) is 4.37. The van der Waals surface area contributed by atoms with Gasteiger partial charge in [0.25, 0.3) is 5.91 Å². The molecule has 0 bridgehead atoms. The number of benzene rings is 2. The minimum Gasteiger partial charge on any atom is -0.496 e. The molecule has 2 rings (SSSR count). The summed E-state index contributed by atoms with van der Waals surface area (Å²) in [5.41, 5.74) is 3.56. The van der Waals surface area contributed by atoms with Crippen molar-refractivity contribution in [1.29, 1.82) is 0 Å². The Morgan fingerprint density at radius 2 is 1.58 bits per heavy atom. The number of amides is 1. The fourth-order valence-corrected chi connectivity index (χ4v) is 2.65. The van der Waals surface area contributed by atoms with Gasteiger partial charge >= 0.3 is 0 Å². The maximum atomic E-state index is 12.3. The van der Waals surface area contributed by atoms with E-state index in [0.717, 1.165) is 12.0 Å². The molecule has 0 heterocycles. The highest BCUT2D eigenvalue weighted by Gasteiger charge is 2.14. The molecule has 0 spiro atoms. The molecule has 1 atom stereocenters. The average molecular weight is 357 g/mol. The molecule has 0 aliphatic rings. The Morgan fingerprint density at radius 1 is 0.962 bits per heavy atom. The van der Waals surface area contributed by atoms with Crippen molar-refractivity contribution < 1.29 is 19.0 Å². The topological polar surface area (TPSA) is 56.8 Å². The van der Waals surface area contributed by atoms with Gasteiger partial charge in [0.05, 0.1) is 20.3 Å². The number of nitrogens with one attached hydrogen (secondary N) is 1. The lowest BCUT2D eigenvalue weighted by Crippen LogP contribution is -2.32. The lowest BCUT2D eigenvalue weighted by atomic mass is 9.99. The summed E-state index contributed by atoms with van der Waals surface area (Å²) in [6, 6.07) is 11.4. The van der Waals surface area contributed by atoms with E-state index in [0.29, 0.717) is 17.2 Å². The van der Waals surface area contributed by atoms with E-state index < -0.39 is 0 Å². The molecule has 1 amide bonds. The zero-order chi connectivity index (χ0) is 19.1. The van der Waals surface area contributed by atoms with Gasteiger partial charge < -0.3 is 19.5 Å². The van der Waals surface area contributed by atoms with Crippen molar-refractivity contribution in [3.8, 4) is 17.2 Å². The molecule has 0 aromatic heterocycles. The number of hydrogen-bond donors (Lipinski definition) is 1. The summed E-state index contributed by atoms with van der Waals surface area (Å²) in [5.74, 6) is 1.58. The van der Waals surface area contributed by atoms with Gasteiger partial charge in [-0.1, -0.05) is 25.1 Å². The third kappa shape index (κ3) is 5.15. The molecule has 0 saturated carbocycles. The van der Waals surface area contributed by atoms with Crippen molar-refractivity contribution in [3.05, 3.63) is 53.1 Å². The van der Waals surface area contributed by atoms with Crippen LogP contribution in [0.5, 0.6) is 17.2 Å². The summed E-state index contributed by atoms with van der Waals surface area (Å²) in [7, 11) is 3.14. The first-order valence-electron chi connectivity index (χ1n) is 8.69. The Labute approximate surface area is 155 Å². The molecule has 140 valence electrons. The number of aryl methyl sites for hydroxylation is 2. The zero-order valence-corrected chi connectivity index (χ0v) is 16.1. The van der Waals surface area contributed by atoms with E-state index in [2.05, 4.69) is 37.4 Å². The monoisotopic (exact) mass is 357 g/mol. The Kier molecular flexibility index (Phi) is 6.89. The highest BCUT2D eigenvalue weighted by atomic mass is 16.5. The van der Waals surface area contributed by atoms with Gasteiger partial charge in [-0.25, -0.2) is 0 Å². The first kappa shape index (κ1) is 19.6. The Balaban J connectivity index is 2.00. The van der Waals surface area contributed by atoms with Crippen LogP contribution in [0.4, 0.5) is 0 Å². The summed E-state index contributed by atoms with van der Waals surface area (Å²) in [6.45, 7) is 6.13. The highest BCUT2D eigenvalue weighted by molar-refractivity contribution is 5.78. The Bertz CT molecular complexity index is 735. The fraction of sp³-hybridized carbons (Fsp3) is 0.381. The standard InChI is InChI=1S/C21H27NO4/c1-6-20(16-8-7-14(2)15(3)9-16)22-21(23)13-26-19-11-17(24-4)10-18(12-19)25-5/h7-12,20H,6,13H2,1-5H3,(H,22,23)/t20-/m1/s1. The van der Waals surface area contributed by atoms with E-state index in [-0.39, 0.29) is 18.6 Å². The molecule has 5 heteroatoms. The average Bonchev–Trinajstić information content (AvgIpc) is 2.66. The predicted molar refractivity (Wildman–Crippen MR) is 102 cm³/mol. The van der Waals surface area contributed by atoms with E-state index in [4.69, 9.17) is 14.2 Å². The van der Waals surface area contributed by atoms with Gasteiger partial charge in [0.1, 0.15) is 17.2 Å². The Hall–Kier alpha value is -2.69. The molecule has 1 N–H and O–H groups in total. The molecular weight excluding hydrogens is 330 g/mol. The molecular formula is C21H27NO4. The summed E-state index contributed by atoms with van der Waals surface area (Å²) in [5, 5.41) is 3.03. The second kappa shape index (κ2) is 9.13. The third-order valence-electron chi connectivity index (χ3n) is 4.37. The smallest absolute Gasteiger partial charge is 0.258 e. The van der Waals surface area contributed by atoms with E-state index in [1.807, 2.05) is 6.92 Å².